The summed E-state index contributed by atoms with van der Waals surface area (Å²) in [5.74, 6) is -1.69. The normalized spacial score (nSPS) is 20.7. The van der Waals surface area contributed by atoms with E-state index in [4.69, 9.17) is 0 Å². The summed E-state index contributed by atoms with van der Waals surface area (Å²) in [6.45, 7) is 7.03. The molecule has 2 saturated heterocycles. The number of halogens is 2. The van der Waals surface area contributed by atoms with E-state index in [1.54, 1.807) is 11.0 Å². The highest BCUT2D eigenvalue weighted by Crippen LogP contribution is 2.25. The van der Waals surface area contributed by atoms with Crippen LogP contribution < -0.4 is 10.2 Å². The number of nitrogens with zero attached hydrogens (tertiary/aromatic N) is 2. The molecule has 5 nitrogen and oxygen atoms in total. The minimum absolute atomic E-state index is 0.0146. The molecule has 2 unspecified atom stereocenters. The minimum Gasteiger partial charge on any atom is -0.371 e. The number of piperidine rings is 1. The third-order valence-corrected chi connectivity index (χ3v) is 6.67. The molecule has 176 valence electrons. The zero-order valence-electron chi connectivity index (χ0n) is 19.2. The SMILES string of the molecule is Cc1cc(C)cc(C(=O)N2CCCC(C(=O)NCC3CCN(c4ccc(F)c(F)c4)C3)C2)c1. The Labute approximate surface area is 193 Å². The average molecular weight is 456 g/mol. The highest BCUT2D eigenvalue weighted by Gasteiger charge is 2.30. The highest BCUT2D eigenvalue weighted by atomic mass is 19.2. The predicted octanol–water partition coefficient (Wildman–Crippen LogP) is 4.08. The zero-order valence-corrected chi connectivity index (χ0v) is 19.2. The maximum absolute atomic E-state index is 13.5. The lowest BCUT2D eigenvalue weighted by molar-refractivity contribution is -0.126. The summed E-state index contributed by atoms with van der Waals surface area (Å²) >= 11 is 0. The van der Waals surface area contributed by atoms with Gasteiger partial charge in [0.2, 0.25) is 5.91 Å². The summed E-state index contributed by atoms with van der Waals surface area (Å²) in [5.41, 5.74) is 3.45. The monoisotopic (exact) mass is 455 g/mol. The van der Waals surface area contributed by atoms with Gasteiger partial charge in [-0.2, -0.15) is 0 Å². The number of carbonyl (C=O) groups is 2. The van der Waals surface area contributed by atoms with Crippen LogP contribution in [0.25, 0.3) is 0 Å². The van der Waals surface area contributed by atoms with Crippen LogP contribution in [0.15, 0.2) is 36.4 Å². The van der Waals surface area contributed by atoms with E-state index in [0.29, 0.717) is 37.4 Å². The number of carbonyl (C=O) groups excluding carboxylic acids is 2. The number of hydrogen-bond donors (Lipinski definition) is 1. The smallest absolute Gasteiger partial charge is 0.253 e. The van der Waals surface area contributed by atoms with Crippen molar-refractivity contribution >= 4 is 17.5 Å². The zero-order chi connectivity index (χ0) is 23.5. The van der Waals surface area contributed by atoms with Crippen molar-refractivity contribution in [3.05, 3.63) is 64.7 Å². The fraction of sp³-hybridized carbons (Fsp3) is 0.462. The first-order chi connectivity index (χ1) is 15.8. The summed E-state index contributed by atoms with van der Waals surface area (Å²) < 4.78 is 26.7. The lowest BCUT2D eigenvalue weighted by Gasteiger charge is -2.32. The summed E-state index contributed by atoms with van der Waals surface area (Å²) in [6, 6.07) is 9.80. The Balaban J connectivity index is 1.29. The molecule has 0 bridgehead atoms. The number of amides is 2. The average Bonchev–Trinajstić information content (AvgIpc) is 3.27. The van der Waals surface area contributed by atoms with Crippen LogP contribution in [0.5, 0.6) is 0 Å². The highest BCUT2D eigenvalue weighted by molar-refractivity contribution is 5.95. The van der Waals surface area contributed by atoms with Crippen LogP contribution in [0.2, 0.25) is 0 Å². The minimum atomic E-state index is -0.848. The molecule has 33 heavy (non-hydrogen) atoms. The molecule has 2 aliphatic heterocycles. The van der Waals surface area contributed by atoms with Crippen LogP contribution in [0, 0.1) is 37.3 Å². The molecule has 4 rings (SSSR count). The topological polar surface area (TPSA) is 52.7 Å². The van der Waals surface area contributed by atoms with Gasteiger partial charge in [-0.3, -0.25) is 9.59 Å². The lowest BCUT2D eigenvalue weighted by Crippen LogP contribution is -2.46. The maximum Gasteiger partial charge on any atom is 0.253 e. The second-order valence-electron chi connectivity index (χ2n) is 9.41. The summed E-state index contributed by atoms with van der Waals surface area (Å²) in [4.78, 5) is 29.7. The molecule has 1 N–H and O–H groups in total. The molecule has 2 aliphatic rings. The van der Waals surface area contributed by atoms with Gasteiger partial charge >= 0.3 is 0 Å². The Morgan fingerprint density at radius 3 is 2.45 bits per heavy atom. The van der Waals surface area contributed by atoms with Crippen molar-refractivity contribution in [3.8, 4) is 0 Å². The van der Waals surface area contributed by atoms with Crippen molar-refractivity contribution in [2.75, 3.05) is 37.6 Å². The molecule has 7 heteroatoms. The molecule has 2 heterocycles. The summed E-state index contributed by atoms with van der Waals surface area (Å²) in [7, 11) is 0. The van der Waals surface area contributed by atoms with Gasteiger partial charge in [-0.25, -0.2) is 8.78 Å². The van der Waals surface area contributed by atoms with Crippen LogP contribution in [0.3, 0.4) is 0 Å². The molecule has 2 fully saturated rings. The Hall–Kier alpha value is -2.96. The summed E-state index contributed by atoms with van der Waals surface area (Å²) in [6.07, 6.45) is 2.46. The van der Waals surface area contributed by atoms with Gasteiger partial charge < -0.3 is 15.1 Å². The Morgan fingerprint density at radius 1 is 0.970 bits per heavy atom. The number of benzene rings is 2. The number of nitrogens with one attached hydrogen (secondary N) is 1. The van der Waals surface area contributed by atoms with Crippen molar-refractivity contribution in [1.29, 1.82) is 0 Å². The van der Waals surface area contributed by atoms with Crippen LogP contribution in [-0.2, 0) is 4.79 Å². The number of aryl methyl sites for hydroxylation is 2. The van der Waals surface area contributed by atoms with Crippen molar-refractivity contribution in [3.63, 3.8) is 0 Å². The van der Waals surface area contributed by atoms with Crippen molar-refractivity contribution in [1.82, 2.24) is 10.2 Å². The molecule has 2 amide bonds. The molecular formula is C26H31F2N3O2. The van der Waals surface area contributed by atoms with Crippen molar-refractivity contribution in [2.45, 2.75) is 33.1 Å². The largest absolute Gasteiger partial charge is 0.371 e. The number of rotatable bonds is 5. The van der Waals surface area contributed by atoms with Gasteiger partial charge in [0, 0.05) is 50.0 Å². The lowest BCUT2D eigenvalue weighted by atomic mass is 9.95. The molecule has 2 aromatic carbocycles. The van der Waals surface area contributed by atoms with E-state index in [1.807, 2.05) is 36.9 Å². The van der Waals surface area contributed by atoms with Gasteiger partial charge in [0.1, 0.15) is 0 Å². The number of likely N-dealkylation sites (tertiary alicyclic amines) is 1. The van der Waals surface area contributed by atoms with Gasteiger partial charge in [0.15, 0.2) is 11.6 Å². The fourth-order valence-corrected chi connectivity index (χ4v) is 4.96. The van der Waals surface area contributed by atoms with E-state index in [2.05, 4.69) is 5.32 Å². The predicted molar refractivity (Wildman–Crippen MR) is 124 cm³/mol. The number of hydrogen-bond acceptors (Lipinski definition) is 3. The van der Waals surface area contributed by atoms with E-state index in [1.165, 1.54) is 6.07 Å². The van der Waals surface area contributed by atoms with E-state index >= 15 is 0 Å². The molecule has 0 aromatic heterocycles. The van der Waals surface area contributed by atoms with Crippen LogP contribution in [0.1, 0.15) is 40.7 Å². The van der Waals surface area contributed by atoms with Gasteiger partial charge in [-0.15, -0.1) is 0 Å². The molecule has 0 radical (unpaired) electrons. The van der Waals surface area contributed by atoms with Crippen LogP contribution >= 0.6 is 0 Å². The van der Waals surface area contributed by atoms with E-state index < -0.39 is 11.6 Å². The van der Waals surface area contributed by atoms with Crippen molar-refractivity contribution < 1.29 is 18.4 Å². The standard InChI is InChI=1S/C26H31F2N3O2/c1-17-10-18(2)12-21(11-17)26(33)31-8-3-4-20(16-31)25(32)29-14-19-7-9-30(15-19)22-5-6-23(27)24(28)13-22/h5-6,10-13,19-20H,3-4,7-9,14-16H2,1-2H3,(H,29,32). The quantitative estimate of drug-likeness (QED) is 0.739. The third kappa shape index (κ3) is 5.52. The van der Waals surface area contributed by atoms with E-state index in [0.717, 1.165) is 43.0 Å². The Bertz CT molecular complexity index is 1020. The molecule has 0 spiro atoms. The van der Waals surface area contributed by atoms with Crippen LogP contribution in [0.4, 0.5) is 14.5 Å². The first-order valence-electron chi connectivity index (χ1n) is 11.7. The van der Waals surface area contributed by atoms with Gasteiger partial charge in [-0.05, 0) is 63.3 Å². The van der Waals surface area contributed by atoms with E-state index in [9.17, 15) is 18.4 Å². The Kier molecular flexibility index (Phi) is 6.96. The Morgan fingerprint density at radius 2 is 1.73 bits per heavy atom. The second kappa shape index (κ2) is 9.89. The van der Waals surface area contributed by atoms with E-state index in [-0.39, 0.29) is 23.7 Å². The second-order valence-corrected chi connectivity index (χ2v) is 9.41. The van der Waals surface area contributed by atoms with Gasteiger partial charge in [-0.1, -0.05) is 17.2 Å². The molecule has 2 aromatic rings. The van der Waals surface area contributed by atoms with Gasteiger partial charge in [0.25, 0.3) is 5.91 Å². The first kappa shape index (κ1) is 23.2. The van der Waals surface area contributed by atoms with Crippen LogP contribution in [-0.4, -0.2) is 49.4 Å². The van der Waals surface area contributed by atoms with Gasteiger partial charge in [0.05, 0.1) is 5.92 Å². The number of anilines is 1. The molecule has 2 atom stereocenters. The third-order valence-electron chi connectivity index (χ3n) is 6.67. The summed E-state index contributed by atoms with van der Waals surface area (Å²) in [5, 5.41) is 3.07. The molecule has 0 aliphatic carbocycles. The van der Waals surface area contributed by atoms with Crippen molar-refractivity contribution in [2.24, 2.45) is 11.8 Å². The maximum atomic E-state index is 13.5. The molecule has 0 saturated carbocycles. The first-order valence-corrected chi connectivity index (χ1v) is 11.7. The molecular weight excluding hydrogens is 424 g/mol. The fourth-order valence-electron chi connectivity index (χ4n) is 4.96.